The molecule has 1 aliphatic carbocycles. The Balaban J connectivity index is 1.89. The molecular weight excluding hydrogens is 222 g/mol. The summed E-state index contributed by atoms with van der Waals surface area (Å²) in [6.45, 7) is 6.35. The van der Waals surface area contributed by atoms with E-state index in [0.29, 0.717) is 0 Å². The van der Waals surface area contributed by atoms with Gasteiger partial charge in [-0.15, -0.1) is 0 Å². The molecule has 100 valence electrons. The number of nitrogens with one attached hydrogen (secondary N) is 1. The van der Waals surface area contributed by atoms with Crippen LogP contribution in [0.4, 0.5) is 0 Å². The summed E-state index contributed by atoms with van der Waals surface area (Å²) >= 11 is 0. The second-order valence-corrected chi connectivity index (χ2v) is 5.21. The van der Waals surface area contributed by atoms with Gasteiger partial charge in [-0.1, -0.05) is 13.0 Å². The van der Waals surface area contributed by atoms with Crippen LogP contribution in [0.2, 0.25) is 0 Å². The quantitative estimate of drug-likeness (QED) is 0.779. The van der Waals surface area contributed by atoms with E-state index in [2.05, 4.69) is 37.4 Å². The number of aryl methyl sites for hydroxylation is 2. The van der Waals surface area contributed by atoms with Crippen molar-refractivity contribution in [1.82, 2.24) is 5.32 Å². The van der Waals surface area contributed by atoms with E-state index in [0.717, 1.165) is 25.3 Å². The summed E-state index contributed by atoms with van der Waals surface area (Å²) in [5.74, 6) is 1.04. The van der Waals surface area contributed by atoms with Crippen molar-refractivity contribution >= 4 is 0 Å². The van der Waals surface area contributed by atoms with Crippen molar-refractivity contribution < 1.29 is 4.74 Å². The van der Waals surface area contributed by atoms with E-state index in [1.165, 1.54) is 36.8 Å². The molecule has 1 aliphatic rings. The number of ether oxygens (including phenoxy) is 1. The second kappa shape index (κ2) is 6.79. The fourth-order valence-corrected chi connectivity index (χ4v) is 2.56. The highest BCUT2D eigenvalue weighted by Gasteiger charge is 2.11. The molecule has 1 N–H and O–H groups in total. The van der Waals surface area contributed by atoms with Gasteiger partial charge in [-0.25, -0.2) is 0 Å². The van der Waals surface area contributed by atoms with Crippen LogP contribution >= 0.6 is 0 Å². The highest BCUT2D eigenvalue weighted by Crippen LogP contribution is 2.26. The molecule has 0 bridgehead atoms. The predicted molar refractivity (Wildman–Crippen MR) is 76.3 cm³/mol. The zero-order valence-electron chi connectivity index (χ0n) is 11.7. The molecule has 0 saturated heterocycles. The van der Waals surface area contributed by atoms with Gasteiger partial charge in [-0.3, -0.25) is 0 Å². The van der Waals surface area contributed by atoms with Gasteiger partial charge in [0.1, 0.15) is 5.75 Å². The molecule has 1 aromatic carbocycles. The number of benzene rings is 1. The van der Waals surface area contributed by atoms with Crippen molar-refractivity contribution in [2.45, 2.75) is 52.1 Å². The average Bonchev–Trinajstić information content (AvgIpc) is 2.39. The maximum absolute atomic E-state index is 5.99. The van der Waals surface area contributed by atoms with E-state index in [-0.39, 0.29) is 6.10 Å². The molecule has 0 radical (unpaired) electrons. The first-order valence-electron chi connectivity index (χ1n) is 7.28. The lowest BCUT2D eigenvalue weighted by Gasteiger charge is -2.19. The summed E-state index contributed by atoms with van der Waals surface area (Å²) in [5.41, 5.74) is 3.02. The van der Waals surface area contributed by atoms with Crippen LogP contribution in [0.3, 0.4) is 0 Å². The number of rotatable bonds is 6. The lowest BCUT2D eigenvalue weighted by molar-refractivity contribution is 0.210. The zero-order valence-corrected chi connectivity index (χ0v) is 11.7. The third-order valence-corrected chi connectivity index (χ3v) is 3.63. The molecule has 0 spiro atoms. The first-order valence-corrected chi connectivity index (χ1v) is 7.28. The van der Waals surface area contributed by atoms with Crippen LogP contribution in [0.15, 0.2) is 18.2 Å². The van der Waals surface area contributed by atoms with Crippen LogP contribution in [-0.4, -0.2) is 19.2 Å². The van der Waals surface area contributed by atoms with Gasteiger partial charge in [0.2, 0.25) is 0 Å². The summed E-state index contributed by atoms with van der Waals surface area (Å²) in [6, 6.07) is 6.63. The third kappa shape index (κ3) is 3.74. The molecule has 2 rings (SSSR count). The normalized spacial score (nSPS) is 16.1. The van der Waals surface area contributed by atoms with Gasteiger partial charge < -0.3 is 10.1 Å². The van der Waals surface area contributed by atoms with Crippen LogP contribution < -0.4 is 10.1 Å². The van der Waals surface area contributed by atoms with Crippen LogP contribution in [0.1, 0.15) is 44.2 Å². The minimum absolute atomic E-state index is 0.283. The largest absolute Gasteiger partial charge is 0.491 e. The van der Waals surface area contributed by atoms with Crippen molar-refractivity contribution in [3.8, 4) is 5.75 Å². The van der Waals surface area contributed by atoms with Gasteiger partial charge in [0.15, 0.2) is 0 Å². The maximum atomic E-state index is 5.99. The van der Waals surface area contributed by atoms with Gasteiger partial charge in [0.05, 0.1) is 6.10 Å². The average molecular weight is 247 g/mol. The van der Waals surface area contributed by atoms with E-state index in [1.807, 2.05) is 0 Å². The first-order chi connectivity index (χ1) is 8.79. The van der Waals surface area contributed by atoms with Crippen molar-refractivity contribution in [1.29, 1.82) is 0 Å². The standard InChI is InChI=1S/C16H25NO/c1-3-17-11-10-13(2)18-16-9-8-14-6-4-5-7-15(14)12-16/h8-9,12-13,17H,3-7,10-11H2,1-2H3. The smallest absolute Gasteiger partial charge is 0.119 e. The lowest BCUT2D eigenvalue weighted by atomic mass is 9.92. The fraction of sp³-hybridized carbons (Fsp3) is 0.625. The number of hydrogen-bond acceptors (Lipinski definition) is 2. The monoisotopic (exact) mass is 247 g/mol. The molecule has 0 heterocycles. The van der Waals surface area contributed by atoms with Crippen LogP contribution in [0.25, 0.3) is 0 Å². The molecule has 2 heteroatoms. The Labute approximate surface area is 111 Å². The predicted octanol–water partition coefficient (Wildman–Crippen LogP) is 3.33. The van der Waals surface area contributed by atoms with Gasteiger partial charge >= 0.3 is 0 Å². The Bertz CT molecular complexity index is 375. The molecule has 2 nitrogen and oxygen atoms in total. The van der Waals surface area contributed by atoms with Crippen molar-refractivity contribution in [3.63, 3.8) is 0 Å². The van der Waals surface area contributed by atoms with E-state index in [4.69, 9.17) is 4.74 Å². The van der Waals surface area contributed by atoms with Crippen LogP contribution in [0, 0.1) is 0 Å². The molecule has 0 saturated carbocycles. The molecule has 0 fully saturated rings. The van der Waals surface area contributed by atoms with Crippen molar-refractivity contribution in [3.05, 3.63) is 29.3 Å². The molecule has 1 unspecified atom stereocenters. The van der Waals surface area contributed by atoms with Gasteiger partial charge in [-0.2, -0.15) is 0 Å². The Hall–Kier alpha value is -1.02. The maximum Gasteiger partial charge on any atom is 0.119 e. The number of fused-ring (bicyclic) bond motifs is 1. The Morgan fingerprint density at radius 1 is 1.22 bits per heavy atom. The van der Waals surface area contributed by atoms with E-state index in [1.54, 1.807) is 0 Å². The topological polar surface area (TPSA) is 21.3 Å². The molecule has 1 aromatic rings. The molecule has 0 aliphatic heterocycles. The molecule has 1 atom stereocenters. The zero-order chi connectivity index (χ0) is 12.8. The molecule has 0 amide bonds. The minimum atomic E-state index is 0.283. The third-order valence-electron chi connectivity index (χ3n) is 3.63. The van der Waals surface area contributed by atoms with E-state index < -0.39 is 0 Å². The summed E-state index contributed by atoms with van der Waals surface area (Å²) in [4.78, 5) is 0. The van der Waals surface area contributed by atoms with E-state index in [9.17, 15) is 0 Å². The van der Waals surface area contributed by atoms with E-state index >= 15 is 0 Å². The Morgan fingerprint density at radius 2 is 2.00 bits per heavy atom. The fourth-order valence-electron chi connectivity index (χ4n) is 2.56. The summed E-state index contributed by atoms with van der Waals surface area (Å²) < 4.78 is 5.99. The molecule has 0 aromatic heterocycles. The molecule has 18 heavy (non-hydrogen) atoms. The molecular formula is C16H25NO. The van der Waals surface area contributed by atoms with Crippen LogP contribution in [-0.2, 0) is 12.8 Å². The first kappa shape index (κ1) is 13.4. The second-order valence-electron chi connectivity index (χ2n) is 5.21. The lowest BCUT2D eigenvalue weighted by Crippen LogP contribution is -2.22. The van der Waals surface area contributed by atoms with Crippen LogP contribution in [0.5, 0.6) is 5.75 Å². The SMILES string of the molecule is CCNCCC(C)Oc1ccc2c(c1)CCCC2. The highest BCUT2D eigenvalue weighted by molar-refractivity contribution is 5.37. The van der Waals surface area contributed by atoms with Gasteiger partial charge in [-0.05, 0) is 75.4 Å². The van der Waals surface area contributed by atoms with Gasteiger partial charge in [0.25, 0.3) is 0 Å². The Morgan fingerprint density at radius 3 is 2.78 bits per heavy atom. The van der Waals surface area contributed by atoms with Gasteiger partial charge in [0, 0.05) is 0 Å². The summed E-state index contributed by atoms with van der Waals surface area (Å²) in [7, 11) is 0. The summed E-state index contributed by atoms with van der Waals surface area (Å²) in [5, 5.41) is 3.33. The van der Waals surface area contributed by atoms with Crippen molar-refractivity contribution in [2.24, 2.45) is 0 Å². The summed E-state index contributed by atoms with van der Waals surface area (Å²) in [6.07, 6.45) is 6.47. The highest BCUT2D eigenvalue weighted by atomic mass is 16.5. The number of hydrogen-bond donors (Lipinski definition) is 1. The minimum Gasteiger partial charge on any atom is -0.491 e. The Kier molecular flexibility index (Phi) is 5.06. The van der Waals surface area contributed by atoms with Crippen molar-refractivity contribution in [2.75, 3.05) is 13.1 Å².